The van der Waals surface area contributed by atoms with E-state index in [-0.39, 0.29) is 23.1 Å². The fraction of sp³-hybridized carbons (Fsp3) is 0.800. The summed E-state index contributed by atoms with van der Waals surface area (Å²) in [6.07, 6.45) is 0. The molecule has 8 nitrogen and oxygen atoms in total. The SMILES string of the molecule is CC(CO)(CO)C(=O)[O-].CC(CO)(CO)C(=O)[O-].[Mg+2]. The van der Waals surface area contributed by atoms with Gasteiger partial charge in [0.2, 0.25) is 0 Å². The summed E-state index contributed by atoms with van der Waals surface area (Å²) in [4.78, 5) is 20.1. The monoisotopic (exact) mass is 290 g/mol. The molecule has 4 N–H and O–H groups in total. The van der Waals surface area contributed by atoms with Gasteiger partial charge in [-0.2, -0.15) is 0 Å². The molecular weight excluding hydrogens is 272 g/mol. The second-order valence-electron chi connectivity index (χ2n) is 4.33. The Morgan fingerprint density at radius 3 is 0.947 bits per heavy atom. The number of aliphatic carboxylic acids is 2. The van der Waals surface area contributed by atoms with Gasteiger partial charge in [0, 0.05) is 0 Å². The van der Waals surface area contributed by atoms with Crippen molar-refractivity contribution in [3.05, 3.63) is 0 Å². The molecule has 0 rings (SSSR count). The maximum Gasteiger partial charge on any atom is 2.00 e. The molecule has 0 aromatic heterocycles. The standard InChI is InChI=1S/2C5H10O4.Mg/c2*1-5(2-6,3-7)4(8)9;/h2*6-7H,2-3H2,1H3,(H,8,9);/q;;+2/p-2. The normalized spacial score (nSPS) is 10.8. The summed E-state index contributed by atoms with van der Waals surface area (Å²) in [6.45, 7) is -0.00000000000000133. The van der Waals surface area contributed by atoms with Crippen LogP contribution in [0.2, 0.25) is 0 Å². The Hall–Kier alpha value is -0.454. The van der Waals surface area contributed by atoms with Gasteiger partial charge >= 0.3 is 23.1 Å². The third-order valence-corrected chi connectivity index (χ3v) is 2.38. The summed E-state index contributed by atoms with van der Waals surface area (Å²) in [5.74, 6) is -2.87. The first-order chi connectivity index (χ1) is 8.13. The van der Waals surface area contributed by atoms with Crippen molar-refractivity contribution in [2.45, 2.75) is 13.8 Å². The van der Waals surface area contributed by atoms with Gasteiger partial charge in [-0.1, -0.05) is 0 Å². The predicted octanol–water partition coefficient (Wildman–Crippen LogP) is -4.93. The van der Waals surface area contributed by atoms with E-state index in [4.69, 9.17) is 20.4 Å². The largest absolute Gasteiger partial charge is 2.00 e. The van der Waals surface area contributed by atoms with E-state index in [9.17, 15) is 19.8 Å². The summed E-state index contributed by atoms with van der Waals surface area (Å²) in [7, 11) is 0. The molecule has 0 saturated carbocycles. The third-order valence-electron chi connectivity index (χ3n) is 2.38. The van der Waals surface area contributed by atoms with E-state index in [1.807, 2.05) is 0 Å². The van der Waals surface area contributed by atoms with Crippen LogP contribution in [-0.2, 0) is 9.59 Å². The van der Waals surface area contributed by atoms with E-state index in [0.29, 0.717) is 0 Å². The van der Waals surface area contributed by atoms with Crippen LogP contribution in [0.15, 0.2) is 0 Å². The molecule has 0 radical (unpaired) electrons. The molecule has 0 aromatic rings. The van der Waals surface area contributed by atoms with E-state index in [1.54, 1.807) is 0 Å². The van der Waals surface area contributed by atoms with Crippen LogP contribution in [0.25, 0.3) is 0 Å². The molecule has 0 amide bonds. The first-order valence-electron chi connectivity index (χ1n) is 5.00. The summed E-state index contributed by atoms with van der Waals surface area (Å²) in [5.41, 5.74) is -3.00. The molecule has 9 heteroatoms. The zero-order valence-corrected chi connectivity index (χ0v) is 12.4. The van der Waals surface area contributed by atoms with Crippen LogP contribution in [0, 0.1) is 10.8 Å². The van der Waals surface area contributed by atoms with Crippen molar-refractivity contribution in [3.8, 4) is 0 Å². The molecule has 0 unspecified atom stereocenters. The quantitative estimate of drug-likeness (QED) is 0.354. The minimum Gasteiger partial charge on any atom is -0.549 e. The molecule has 0 heterocycles. The summed E-state index contributed by atoms with van der Waals surface area (Å²) in [5, 5.41) is 53.6. The van der Waals surface area contributed by atoms with Crippen molar-refractivity contribution in [1.29, 1.82) is 0 Å². The van der Waals surface area contributed by atoms with Crippen molar-refractivity contribution in [2.24, 2.45) is 10.8 Å². The minimum absolute atomic E-state index is 0. The first kappa shape index (κ1) is 23.6. The van der Waals surface area contributed by atoms with E-state index >= 15 is 0 Å². The van der Waals surface area contributed by atoms with Crippen LogP contribution in [0.1, 0.15) is 13.8 Å². The summed E-state index contributed by atoms with van der Waals surface area (Å²) >= 11 is 0. The smallest absolute Gasteiger partial charge is 0.549 e. The Bertz CT molecular complexity index is 245. The second kappa shape index (κ2) is 10.3. The average molecular weight is 291 g/mol. The van der Waals surface area contributed by atoms with Crippen molar-refractivity contribution in [3.63, 3.8) is 0 Å². The van der Waals surface area contributed by atoms with Gasteiger partial charge < -0.3 is 40.2 Å². The molecule has 0 spiro atoms. The van der Waals surface area contributed by atoms with E-state index in [2.05, 4.69) is 0 Å². The fourth-order valence-corrected chi connectivity index (χ4v) is 0.358. The zero-order chi connectivity index (χ0) is 15.0. The molecule has 0 bridgehead atoms. The van der Waals surface area contributed by atoms with Crippen LogP contribution in [-0.4, -0.2) is 81.8 Å². The Morgan fingerprint density at radius 1 is 0.789 bits per heavy atom. The van der Waals surface area contributed by atoms with Crippen LogP contribution < -0.4 is 10.2 Å². The molecule has 0 atom stereocenters. The van der Waals surface area contributed by atoms with Crippen LogP contribution in [0.3, 0.4) is 0 Å². The van der Waals surface area contributed by atoms with Gasteiger partial charge in [0.1, 0.15) is 0 Å². The van der Waals surface area contributed by atoms with Gasteiger partial charge in [0.05, 0.1) is 49.2 Å². The first-order valence-corrected chi connectivity index (χ1v) is 5.00. The van der Waals surface area contributed by atoms with Gasteiger partial charge in [0.25, 0.3) is 0 Å². The maximum atomic E-state index is 10.1. The number of aliphatic hydroxyl groups is 4. The third kappa shape index (κ3) is 7.65. The molecular formula is C10H18MgO8. The summed E-state index contributed by atoms with van der Waals surface area (Å²) < 4.78 is 0. The molecule has 0 fully saturated rings. The van der Waals surface area contributed by atoms with Gasteiger partial charge in [0.15, 0.2) is 0 Å². The van der Waals surface area contributed by atoms with Gasteiger partial charge in [-0.25, -0.2) is 0 Å². The van der Waals surface area contributed by atoms with Crippen molar-refractivity contribution < 1.29 is 40.2 Å². The van der Waals surface area contributed by atoms with Crippen LogP contribution in [0.4, 0.5) is 0 Å². The molecule has 0 saturated heterocycles. The number of carboxylic acid groups (broad SMARTS) is 2. The Balaban J connectivity index is -0.000000256. The van der Waals surface area contributed by atoms with E-state index in [0.717, 1.165) is 0 Å². The number of carbonyl (C=O) groups is 2. The number of carbonyl (C=O) groups excluding carboxylic acids is 2. The van der Waals surface area contributed by atoms with Crippen LogP contribution in [0.5, 0.6) is 0 Å². The predicted molar refractivity (Wildman–Crippen MR) is 60.3 cm³/mol. The molecule has 0 aromatic carbocycles. The van der Waals surface area contributed by atoms with E-state index in [1.165, 1.54) is 13.8 Å². The zero-order valence-electron chi connectivity index (χ0n) is 11.0. The molecule has 0 aliphatic rings. The topological polar surface area (TPSA) is 161 Å². The number of rotatable bonds is 6. The number of aliphatic hydroxyl groups excluding tert-OH is 4. The Labute approximate surface area is 126 Å². The van der Waals surface area contributed by atoms with Crippen LogP contribution >= 0.6 is 0 Å². The molecule has 0 aliphatic heterocycles. The molecule has 108 valence electrons. The van der Waals surface area contributed by atoms with Crippen molar-refractivity contribution in [1.82, 2.24) is 0 Å². The van der Waals surface area contributed by atoms with E-state index < -0.39 is 49.2 Å². The Kier molecular flexibility index (Phi) is 12.9. The summed E-state index contributed by atoms with van der Waals surface area (Å²) in [6, 6.07) is 0. The van der Waals surface area contributed by atoms with Crippen molar-refractivity contribution >= 4 is 35.0 Å². The minimum atomic E-state index is -1.50. The average Bonchev–Trinajstić information content (AvgIpc) is 2.36. The van der Waals surface area contributed by atoms with Gasteiger partial charge in [-0.3, -0.25) is 0 Å². The molecule has 0 aliphatic carbocycles. The number of hydrogen-bond donors (Lipinski definition) is 4. The van der Waals surface area contributed by atoms with Crippen molar-refractivity contribution in [2.75, 3.05) is 26.4 Å². The number of carboxylic acids is 2. The Morgan fingerprint density at radius 2 is 0.947 bits per heavy atom. The maximum absolute atomic E-state index is 10.1. The number of hydrogen-bond acceptors (Lipinski definition) is 8. The van der Waals surface area contributed by atoms with Gasteiger partial charge in [-0.15, -0.1) is 0 Å². The second-order valence-corrected chi connectivity index (χ2v) is 4.33. The fourth-order valence-electron chi connectivity index (χ4n) is 0.358. The van der Waals surface area contributed by atoms with Gasteiger partial charge in [-0.05, 0) is 13.8 Å². The molecule has 19 heavy (non-hydrogen) atoms.